The predicted octanol–water partition coefficient (Wildman–Crippen LogP) is 4.50. The van der Waals surface area contributed by atoms with Crippen molar-refractivity contribution >= 4 is 51.3 Å². The van der Waals surface area contributed by atoms with E-state index in [0.717, 1.165) is 27.4 Å². The molecule has 9 heteroatoms. The molecule has 5 rings (SSSR count). The van der Waals surface area contributed by atoms with Crippen molar-refractivity contribution in [2.45, 2.75) is 33.2 Å². The van der Waals surface area contributed by atoms with Crippen LogP contribution in [0.1, 0.15) is 11.1 Å². The van der Waals surface area contributed by atoms with Gasteiger partial charge in [0.05, 0.1) is 37.3 Å². The smallest absolute Gasteiger partial charge is 0.251 e. The van der Waals surface area contributed by atoms with Crippen LogP contribution < -0.4 is 11.1 Å². The molecule has 0 bridgehead atoms. The number of nitrogens with zero attached hydrogens (tertiary/aromatic N) is 2. The van der Waals surface area contributed by atoms with Crippen LogP contribution in [0.5, 0.6) is 0 Å². The van der Waals surface area contributed by atoms with Crippen LogP contribution in [0.15, 0.2) is 58.1 Å². The fraction of sp³-hybridized carbons (Fsp3) is 0.269. The molecule has 1 aliphatic heterocycles. The Kier molecular flexibility index (Phi) is 7.72. The molecule has 1 fully saturated rings. The minimum Gasteiger partial charge on any atom is -0.348 e. The Morgan fingerprint density at radius 1 is 0.829 bits per heavy atom. The van der Waals surface area contributed by atoms with Gasteiger partial charge in [0.1, 0.15) is 6.29 Å². The second-order valence-electron chi connectivity index (χ2n) is 8.21. The molecule has 1 saturated heterocycles. The fourth-order valence-corrected chi connectivity index (χ4v) is 4.49. The predicted molar refractivity (Wildman–Crippen MR) is 138 cm³/mol. The Labute approximate surface area is 211 Å². The van der Waals surface area contributed by atoms with Gasteiger partial charge in [-0.25, -0.2) is 0 Å². The zero-order valence-corrected chi connectivity index (χ0v) is 20.8. The number of carbonyl (C=O) groups is 1. The van der Waals surface area contributed by atoms with E-state index in [9.17, 15) is 14.4 Å². The molecule has 0 atom stereocenters. The Bertz CT molecular complexity index is 1520. The highest BCUT2D eigenvalue weighted by atomic mass is 35.5. The third-order valence-corrected chi connectivity index (χ3v) is 6.31. The number of carbonyl (C=O) groups excluding carboxylic acids is 1. The summed E-state index contributed by atoms with van der Waals surface area (Å²) in [5.41, 5.74) is 3.10. The number of halogens is 2. The van der Waals surface area contributed by atoms with Gasteiger partial charge in [0.15, 0.2) is 6.29 Å². The molecule has 0 saturated carbocycles. The van der Waals surface area contributed by atoms with Crippen LogP contribution in [0.2, 0.25) is 10.0 Å². The molecule has 0 aliphatic carbocycles. The van der Waals surface area contributed by atoms with Crippen molar-refractivity contribution in [3.63, 3.8) is 0 Å². The van der Waals surface area contributed by atoms with Gasteiger partial charge in [-0.3, -0.25) is 9.59 Å². The number of aldehydes is 1. The summed E-state index contributed by atoms with van der Waals surface area (Å²) in [4.78, 5) is 34.4. The topological polar surface area (TPSA) is 79.5 Å². The Balaban J connectivity index is 0.000000168. The number of aromatic nitrogens is 2. The van der Waals surface area contributed by atoms with Crippen molar-refractivity contribution in [2.75, 3.05) is 13.2 Å². The summed E-state index contributed by atoms with van der Waals surface area (Å²) in [6, 6.07) is 14.0. The highest BCUT2D eigenvalue weighted by Gasteiger charge is 2.18. The SMILES string of the molecule is Cc1cc(=O)n(CC2OCCO2)c2cc(Cl)ccc12.Cc1cc(=O)n(CC=O)c2cc(Cl)ccc12. The first kappa shape index (κ1) is 25.1. The normalized spacial score (nSPS) is 13.7. The number of benzene rings is 2. The third kappa shape index (κ3) is 5.49. The number of hydrogen-bond acceptors (Lipinski definition) is 5. The summed E-state index contributed by atoms with van der Waals surface area (Å²) < 4.78 is 13.9. The molecule has 0 N–H and O–H groups in total. The molecular formula is C26H24Cl2N2O5. The van der Waals surface area contributed by atoms with E-state index in [4.69, 9.17) is 32.7 Å². The van der Waals surface area contributed by atoms with E-state index in [-0.39, 0.29) is 24.0 Å². The first-order chi connectivity index (χ1) is 16.8. The second kappa shape index (κ2) is 10.7. The number of aryl methyl sites for hydroxylation is 2. The van der Waals surface area contributed by atoms with Crippen LogP contribution in [0.25, 0.3) is 21.8 Å². The maximum Gasteiger partial charge on any atom is 0.251 e. The van der Waals surface area contributed by atoms with Gasteiger partial charge in [-0.05, 0) is 49.2 Å². The molecule has 0 spiro atoms. The van der Waals surface area contributed by atoms with Gasteiger partial charge in [-0.2, -0.15) is 0 Å². The molecule has 4 aromatic rings. The zero-order valence-electron chi connectivity index (χ0n) is 19.3. The minimum absolute atomic E-state index is 0.0515. The lowest BCUT2D eigenvalue weighted by atomic mass is 10.1. The molecule has 35 heavy (non-hydrogen) atoms. The molecule has 2 aromatic carbocycles. The van der Waals surface area contributed by atoms with Crippen molar-refractivity contribution < 1.29 is 14.3 Å². The van der Waals surface area contributed by atoms with Crippen LogP contribution in [0.4, 0.5) is 0 Å². The number of hydrogen-bond donors (Lipinski definition) is 0. The zero-order chi connectivity index (χ0) is 25.1. The van der Waals surface area contributed by atoms with E-state index in [1.807, 2.05) is 32.0 Å². The first-order valence-electron chi connectivity index (χ1n) is 11.0. The standard InChI is InChI=1S/C14H14ClNO3.C12H10ClNO2/c1-9-6-13(17)16(8-14-18-4-5-19-14)12-7-10(15)2-3-11(9)12;1-8-6-12(16)14(4-5-15)11-7-9(13)2-3-10(8)11/h2-3,6-7,14H,4-5,8H2,1H3;2-3,5-7H,4H2,1H3. The van der Waals surface area contributed by atoms with Crippen molar-refractivity contribution in [1.29, 1.82) is 0 Å². The largest absolute Gasteiger partial charge is 0.348 e. The number of rotatable bonds is 4. The fourth-order valence-electron chi connectivity index (χ4n) is 4.16. The monoisotopic (exact) mass is 514 g/mol. The summed E-state index contributed by atoms with van der Waals surface area (Å²) in [5.74, 6) is 0. The van der Waals surface area contributed by atoms with Gasteiger partial charge in [-0.15, -0.1) is 0 Å². The summed E-state index contributed by atoms with van der Waals surface area (Å²) in [5, 5.41) is 3.12. The van der Waals surface area contributed by atoms with Crippen molar-refractivity contribution in [3.05, 3.63) is 90.4 Å². The summed E-state index contributed by atoms with van der Waals surface area (Å²) in [7, 11) is 0. The minimum atomic E-state index is -0.359. The third-order valence-electron chi connectivity index (χ3n) is 5.84. The van der Waals surface area contributed by atoms with Crippen LogP contribution in [0, 0.1) is 13.8 Å². The molecular weight excluding hydrogens is 491 g/mol. The molecule has 7 nitrogen and oxygen atoms in total. The Hall–Kier alpha value is -2.97. The lowest BCUT2D eigenvalue weighted by molar-refractivity contribution is -0.108. The maximum absolute atomic E-state index is 12.2. The lowest BCUT2D eigenvalue weighted by Gasteiger charge is -2.15. The van der Waals surface area contributed by atoms with Gasteiger partial charge in [0, 0.05) is 33.0 Å². The van der Waals surface area contributed by atoms with E-state index in [1.165, 1.54) is 10.6 Å². The van der Waals surface area contributed by atoms with Crippen LogP contribution in [-0.2, 0) is 27.4 Å². The van der Waals surface area contributed by atoms with E-state index in [2.05, 4.69) is 0 Å². The summed E-state index contributed by atoms with van der Waals surface area (Å²) in [6.07, 6.45) is 0.347. The Morgan fingerprint density at radius 3 is 1.83 bits per heavy atom. The van der Waals surface area contributed by atoms with E-state index in [1.54, 1.807) is 28.8 Å². The molecule has 3 heterocycles. The van der Waals surface area contributed by atoms with Gasteiger partial charge >= 0.3 is 0 Å². The number of ether oxygens (including phenoxy) is 2. The van der Waals surface area contributed by atoms with Gasteiger partial charge in [-0.1, -0.05) is 35.3 Å². The highest BCUT2D eigenvalue weighted by molar-refractivity contribution is 6.31. The average molecular weight is 515 g/mol. The van der Waals surface area contributed by atoms with Crippen molar-refractivity contribution in [1.82, 2.24) is 9.13 Å². The van der Waals surface area contributed by atoms with E-state index >= 15 is 0 Å². The molecule has 0 amide bonds. The summed E-state index contributed by atoms with van der Waals surface area (Å²) in [6.45, 7) is 5.37. The van der Waals surface area contributed by atoms with Gasteiger partial charge in [0.25, 0.3) is 11.1 Å². The second-order valence-corrected chi connectivity index (χ2v) is 9.09. The van der Waals surface area contributed by atoms with E-state index in [0.29, 0.717) is 41.6 Å². The first-order valence-corrected chi connectivity index (χ1v) is 11.8. The van der Waals surface area contributed by atoms with Crippen LogP contribution in [-0.4, -0.2) is 34.9 Å². The van der Waals surface area contributed by atoms with Crippen LogP contribution in [0.3, 0.4) is 0 Å². The quantitative estimate of drug-likeness (QED) is 0.374. The average Bonchev–Trinajstić information content (AvgIpc) is 3.33. The van der Waals surface area contributed by atoms with Gasteiger partial charge < -0.3 is 23.4 Å². The van der Waals surface area contributed by atoms with Crippen molar-refractivity contribution in [2.24, 2.45) is 0 Å². The number of pyridine rings is 2. The van der Waals surface area contributed by atoms with Gasteiger partial charge in [0.2, 0.25) is 0 Å². The number of fused-ring (bicyclic) bond motifs is 2. The van der Waals surface area contributed by atoms with E-state index < -0.39 is 0 Å². The molecule has 2 aromatic heterocycles. The highest BCUT2D eigenvalue weighted by Crippen LogP contribution is 2.22. The molecule has 1 aliphatic rings. The molecule has 0 radical (unpaired) electrons. The maximum atomic E-state index is 12.2. The van der Waals surface area contributed by atoms with Crippen molar-refractivity contribution in [3.8, 4) is 0 Å². The molecule has 182 valence electrons. The summed E-state index contributed by atoms with van der Waals surface area (Å²) >= 11 is 11.9. The van der Waals surface area contributed by atoms with Crippen LogP contribution >= 0.6 is 23.2 Å². The molecule has 0 unspecified atom stereocenters. The Morgan fingerprint density at radius 2 is 1.31 bits per heavy atom. The lowest BCUT2D eigenvalue weighted by Crippen LogP contribution is -2.27.